The molecule has 1 aliphatic carbocycles. The molecule has 0 spiro atoms. The number of para-hydroxylation sites is 1. The Morgan fingerprint density at radius 1 is 1.32 bits per heavy atom. The first-order valence-corrected chi connectivity index (χ1v) is 6.64. The van der Waals surface area contributed by atoms with Crippen molar-refractivity contribution in [3.63, 3.8) is 0 Å². The van der Waals surface area contributed by atoms with Gasteiger partial charge in [-0.15, -0.1) is 5.10 Å². The lowest BCUT2D eigenvalue weighted by molar-refractivity contribution is 0.390. The number of aromatic amines is 1. The van der Waals surface area contributed by atoms with E-state index < -0.39 is 0 Å². The first-order chi connectivity index (χ1) is 9.24. The molecular weight excluding hydrogens is 264 g/mol. The quantitative estimate of drug-likeness (QED) is 0.934. The van der Waals surface area contributed by atoms with Crippen molar-refractivity contribution >= 4 is 11.6 Å². The maximum absolute atomic E-state index is 11.7. The van der Waals surface area contributed by atoms with Gasteiger partial charge in [-0.25, -0.2) is 0 Å². The van der Waals surface area contributed by atoms with Gasteiger partial charge in [0.25, 0.3) is 5.88 Å². The molecule has 0 amide bonds. The number of hydrogen-bond donors (Lipinski definition) is 1. The summed E-state index contributed by atoms with van der Waals surface area (Å²) >= 11 is 5.66. The predicted molar refractivity (Wildman–Crippen MR) is 73.0 cm³/mol. The van der Waals surface area contributed by atoms with Crippen molar-refractivity contribution in [3.8, 4) is 11.6 Å². The summed E-state index contributed by atoms with van der Waals surface area (Å²) in [7, 11) is 0. The van der Waals surface area contributed by atoms with E-state index in [9.17, 15) is 4.79 Å². The molecule has 0 aliphatic heterocycles. The van der Waals surface area contributed by atoms with E-state index in [1.54, 1.807) is 0 Å². The third kappa shape index (κ3) is 2.49. The summed E-state index contributed by atoms with van der Waals surface area (Å²) in [5.41, 5.74) is 0.817. The molecule has 2 aromatic rings. The van der Waals surface area contributed by atoms with Gasteiger partial charge in [0.2, 0.25) is 5.43 Å². The van der Waals surface area contributed by atoms with E-state index in [4.69, 9.17) is 16.3 Å². The van der Waals surface area contributed by atoms with Crippen LogP contribution in [0.2, 0.25) is 5.15 Å². The molecule has 1 aromatic heterocycles. The number of nitrogens with zero attached hydrogens (tertiary/aromatic N) is 1. The average Bonchev–Trinajstić information content (AvgIpc) is 2.33. The zero-order valence-corrected chi connectivity index (χ0v) is 11.0. The number of hydrogen-bond acceptors (Lipinski definition) is 3. The highest BCUT2D eigenvalue weighted by molar-refractivity contribution is 6.29. The van der Waals surface area contributed by atoms with E-state index in [1.165, 1.54) is 25.3 Å². The number of H-pyrrole nitrogens is 1. The normalized spacial score (nSPS) is 15.0. The number of ether oxygens (including phenoxy) is 1. The van der Waals surface area contributed by atoms with Crippen molar-refractivity contribution in [1.82, 2.24) is 10.2 Å². The molecule has 1 fully saturated rings. The fourth-order valence-corrected chi connectivity index (χ4v) is 2.32. The van der Waals surface area contributed by atoms with Gasteiger partial charge in [0.05, 0.1) is 0 Å². The second kappa shape index (κ2) is 5.05. The second-order valence-electron chi connectivity index (χ2n) is 4.65. The minimum Gasteiger partial charge on any atom is -0.434 e. The molecule has 1 aliphatic rings. The monoisotopic (exact) mass is 276 g/mol. The van der Waals surface area contributed by atoms with Gasteiger partial charge in [-0.3, -0.25) is 9.89 Å². The Labute approximate surface area is 115 Å². The molecule has 5 heteroatoms. The molecule has 0 bridgehead atoms. The van der Waals surface area contributed by atoms with Crippen molar-refractivity contribution in [2.45, 2.75) is 25.2 Å². The van der Waals surface area contributed by atoms with Crippen LogP contribution in [0, 0.1) is 0 Å². The minimum absolute atomic E-state index is 0.0242. The average molecular weight is 277 g/mol. The summed E-state index contributed by atoms with van der Waals surface area (Å²) in [6, 6.07) is 9.05. The van der Waals surface area contributed by atoms with Gasteiger partial charge in [-0.2, -0.15) is 0 Å². The molecule has 1 saturated carbocycles. The number of halogens is 1. The fourth-order valence-electron chi connectivity index (χ4n) is 2.18. The molecule has 1 N–H and O–H groups in total. The standard InChI is InChI=1S/C14H13ClN2O2/c15-13-8-11(18)14(17-16-13)19-12-7-2-1-6-10(12)9-4-3-5-9/h1-2,6-9H,3-5H2,(H,16,18). The highest BCUT2D eigenvalue weighted by Gasteiger charge is 2.23. The first kappa shape index (κ1) is 12.2. The largest absolute Gasteiger partial charge is 0.434 e. The van der Waals surface area contributed by atoms with Crippen LogP contribution in [-0.4, -0.2) is 10.2 Å². The molecule has 1 heterocycles. The maximum atomic E-state index is 11.7. The van der Waals surface area contributed by atoms with Gasteiger partial charge in [0.15, 0.2) is 0 Å². The highest BCUT2D eigenvalue weighted by atomic mass is 35.5. The Morgan fingerprint density at radius 3 is 2.79 bits per heavy atom. The fraction of sp³-hybridized carbons (Fsp3) is 0.286. The van der Waals surface area contributed by atoms with Gasteiger partial charge < -0.3 is 4.74 Å². The Hall–Kier alpha value is -1.81. The third-order valence-corrected chi connectivity index (χ3v) is 3.60. The van der Waals surface area contributed by atoms with E-state index in [-0.39, 0.29) is 16.5 Å². The number of rotatable bonds is 3. The number of nitrogens with one attached hydrogen (secondary N) is 1. The summed E-state index contributed by atoms with van der Waals surface area (Å²) in [5.74, 6) is 1.26. The van der Waals surface area contributed by atoms with E-state index in [1.807, 2.05) is 24.3 Å². The summed E-state index contributed by atoms with van der Waals surface area (Å²) in [6.07, 6.45) is 3.59. The van der Waals surface area contributed by atoms with Crippen molar-refractivity contribution in [1.29, 1.82) is 0 Å². The SMILES string of the molecule is O=c1cc(Cl)[nH]nc1Oc1ccccc1C1CCC1. The van der Waals surface area contributed by atoms with Crippen LogP contribution in [0.4, 0.5) is 0 Å². The Morgan fingerprint density at radius 2 is 2.11 bits per heavy atom. The molecule has 1 aromatic carbocycles. The van der Waals surface area contributed by atoms with Gasteiger partial charge in [0.1, 0.15) is 10.9 Å². The smallest absolute Gasteiger partial charge is 0.285 e. The Kier molecular flexibility index (Phi) is 3.25. The molecule has 98 valence electrons. The van der Waals surface area contributed by atoms with Crippen molar-refractivity contribution < 1.29 is 4.74 Å². The number of aromatic nitrogens is 2. The lowest BCUT2D eigenvalue weighted by atomic mass is 9.80. The van der Waals surface area contributed by atoms with Gasteiger partial charge in [-0.05, 0) is 30.4 Å². The van der Waals surface area contributed by atoms with E-state index in [0.717, 1.165) is 5.56 Å². The highest BCUT2D eigenvalue weighted by Crippen LogP contribution is 2.41. The van der Waals surface area contributed by atoms with Gasteiger partial charge in [0, 0.05) is 6.07 Å². The van der Waals surface area contributed by atoms with Crippen LogP contribution in [0.3, 0.4) is 0 Å². The van der Waals surface area contributed by atoms with Crippen LogP contribution in [0.1, 0.15) is 30.7 Å². The van der Waals surface area contributed by atoms with Crippen molar-refractivity contribution in [2.75, 3.05) is 0 Å². The van der Waals surface area contributed by atoms with Crippen LogP contribution >= 0.6 is 11.6 Å². The molecule has 0 radical (unpaired) electrons. The van der Waals surface area contributed by atoms with Crippen LogP contribution in [-0.2, 0) is 0 Å². The third-order valence-electron chi connectivity index (χ3n) is 3.40. The topological polar surface area (TPSA) is 55.0 Å². The van der Waals surface area contributed by atoms with Gasteiger partial charge in [-0.1, -0.05) is 36.2 Å². The van der Waals surface area contributed by atoms with E-state index in [0.29, 0.717) is 11.7 Å². The molecular formula is C14H13ClN2O2. The lowest BCUT2D eigenvalue weighted by Gasteiger charge is -2.27. The minimum atomic E-state index is -0.327. The summed E-state index contributed by atoms with van der Waals surface area (Å²) in [4.78, 5) is 11.7. The van der Waals surface area contributed by atoms with Crippen LogP contribution in [0.15, 0.2) is 35.1 Å². The van der Waals surface area contributed by atoms with Crippen LogP contribution < -0.4 is 10.2 Å². The van der Waals surface area contributed by atoms with Gasteiger partial charge >= 0.3 is 0 Å². The zero-order valence-electron chi connectivity index (χ0n) is 10.2. The number of benzene rings is 1. The molecule has 19 heavy (non-hydrogen) atoms. The Bertz CT molecular complexity index is 650. The van der Waals surface area contributed by atoms with Crippen LogP contribution in [0.25, 0.3) is 0 Å². The zero-order chi connectivity index (χ0) is 13.2. The van der Waals surface area contributed by atoms with Crippen LogP contribution in [0.5, 0.6) is 11.6 Å². The molecule has 4 nitrogen and oxygen atoms in total. The van der Waals surface area contributed by atoms with Crippen molar-refractivity contribution in [3.05, 3.63) is 51.3 Å². The molecule has 0 atom stereocenters. The predicted octanol–water partition coefficient (Wildman–Crippen LogP) is 3.48. The first-order valence-electron chi connectivity index (χ1n) is 6.26. The lowest BCUT2D eigenvalue weighted by Crippen LogP contribution is -2.12. The molecule has 0 unspecified atom stereocenters. The molecule has 3 rings (SSSR count). The summed E-state index contributed by atoms with van der Waals surface area (Å²) in [5, 5.41) is 6.55. The van der Waals surface area contributed by atoms with E-state index >= 15 is 0 Å². The summed E-state index contributed by atoms with van der Waals surface area (Å²) in [6.45, 7) is 0. The summed E-state index contributed by atoms with van der Waals surface area (Å²) < 4.78 is 5.64. The molecule has 0 saturated heterocycles. The Balaban J connectivity index is 1.92. The maximum Gasteiger partial charge on any atom is 0.285 e. The van der Waals surface area contributed by atoms with Crippen molar-refractivity contribution in [2.24, 2.45) is 0 Å². The second-order valence-corrected chi connectivity index (χ2v) is 5.06. The van der Waals surface area contributed by atoms with E-state index in [2.05, 4.69) is 10.2 Å².